The fourth-order valence-electron chi connectivity index (χ4n) is 3.22. The molecule has 144 valence electrons. The van der Waals surface area contributed by atoms with Crippen LogP contribution in [-0.2, 0) is 17.6 Å². The summed E-state index contributed by atoms with van der Waals surface area (Å²) in [4.78, 5) is 19.1. The Balaban J connectivity index is 1.62. The molecule has 1 heterocycles. The summed E-state index contributed by atoms with van der Waals surface area (Å²) in [5, 5.41) is 3.12. The first-order chi connectivity index (χ1) is 13.6. The summed E-state index contributed by atoms with van der Waals surface area (Å²) in [6.07, 6.45) is 5.02. The number of hydrogen-bond donors (Lipinski definition) is 1. The lowest BCUT2D eigenvalue weighted by Crippen LogP contribution is -2.32. The minimum atomic E-state index is -0.209. The Morgan fingerprint density at radius 3 is 2.25 bits per heavy atom. The number of nitrogens with one attached hydrogen (secondary N) is 1. The number of amides is 1. The van der Waals surface area contributed by atoms with Crippen LogP contribution in [0.5, 0.6) is 0 Å². The molecule has 0 aliphatic heterocycles. The molecule has 0 spiro atoms. The second kappa shape index (κ2) is 9.70. The lowest BCUT2D eigenvalue weighted by Gasteiger charge is -2.18. The molecule has 0 saturated carbocycles. The zero-order chi connectivity index (χ0) is 19.8. The van der Waals surface area contributed by atoms with E-state index in [4.69, 9.17) is 0 Å². The zero-order valence-electron chi connectivity index (χ0n) is 16.5. The highest BCUT2D eigenvalue weighted by Gasteiger charge is 2.20. The molecule has 0 aliphatic carbocycles. The van der Waals surface area contributed by atoms with E-state index < -0.39 is 0 Å². The van der Waals surface area contributed by atoms with Crippen LogP contribution < -0.4 is 10.2 Å². The topological polar surface area (TPSA) is 45.2 Å². The molecule has 1 atom stereocenters. The van der Waals surface area contributed by atoms with Crippen molar-refractivity contribution in [2.24, 2.45) is 0 Å². The molecule has 28 heavy (non-hydrogen) atoms. The quantitative estimate of drug-likeness (QED) is 0.653. The summed E-state index contributed by atoms with van der Waals surface area (Å²) in [5.74, 6) is -0.146. The zero-order valence-corrected chi connectivity index (χ0v) is 16.5. The SMILES string of the molecule is CN(C)c1ccc(CCNC(=O)C(Cc2ccncc2)c2ccccc2)cc1. The van der Waals surface area contributed by atoms with Gasteiger partial charge in [-0.05, 0) is 53.8 Å². The predicted molar refractivity (Wildman–Crippen MR) is 115 cm³/mol. The van der Waals surface area contributed by atoms with Crippen LogP contribution in [0.2, 0.25) is 0 Å². The van der Waals surface area contributed by atoms with Gasteiger partial charge in [0, 0.05) is 38.7 Å². The summed E-state index contributed by atoms with van der Waals surface area (Å²) in [6, 6.07) is 22.4. The monoisotopic (exact) mass is 373 g/mol. The van der Waals surface area contributed by atoms with Gasteiger partial charge < -0.3 is 10.2 Å². The van der Waals surface area contributed by atoms with Crippen molar-refractivity contribution in [1.29, 1.82) is 0 Å². The number of pyridine rings is 1. The fourth-order valence-corrected chi connectivity index (χ4v) is 3.22. The molecule has 1 unspecified atom stereocenters. The third kappa shape index (κ3) is 5.43. The van der Waals surface area contributed by atoms with Crippen molar-refractivity contribution in [3.63, 3.8) is 0 Å². The molecule has 0 fully saturated rings. The highest BCUT2D eigenvalue weighted by Crippen LogP contribution is 2.21. The number of benzene rings is 2. The minimum Gasteiger partial charge on any atom is -0.378 e. The Morgan fingerprint density at radius 2 is 1.61 bits per heavy atom. The lowest BCUT2D eigenvalue weighted by molar-refractivity contribution is -0.122. The molecule has 3 aromatic rings. The fraction of sp³-hybridized carbons (Fsp3) is 0.250. The van der Waals surface area contributed by atoms with E-state index in [9.17, 15) is 4.79 Å². The van der Waals surface area contributed by atoms with Crippen LogP contribution in [0.3, 0.4) is 0 Å². The van der Waals surface area contributed by atoms with E-state index in [0.29, 0.717) is 13.0 Å². The van der Waals surface area contributed by atoms with Crippen LogP contribution in [0.1, 0.15) is 22.6 Å². The standard InChI is InChI=1S/C24H27N3O/c1-27(2)22-10-8-19(9-11-22)14-17-26-24(28)23(21-6-4-3-5-7-21)18-20-12-15-25-16-13-20/h3-13,15-16,23H,14,17-18H2,1-2H3,(H,26,28). The van der Waals surface area contributed by atoms with Crippen LogP contribution in [0.25, 0.3) is 0 Å². The first-order valence-corrected chi connectivity index (χ1v) is 9.61. The highest BCUT2D eigenvalue weighted by molar-refractivity contribution is 5.84. The Kier molecular flexibility index (Phi) is 6.79. The maximum atomic E-state index is 12.9. The van der Waals surface area contributed by atoms with E-state index in [1.807, 2.05) is 56.6 Å². The van der Waals surface area contributed by atoms with E-state index in [1.165, 1.54) is 11.3 Å². The molecule has 2 aromatic carbocycles. The maximum absolute atomic E-state index is 12.9. The normalized spacial score (nSPS) is 11.6. The molecule has 4 nitrogen and oxygen atoms in total. The molecule has 3 rings (SSSR count). The Morgan fingerprint density at radius 1 is 0.929 bits per heavy atom. The van der Waals surface area contributed by atoms with Crippen molar-refractivity contribution in [3.05, 3.63) is 95.8 Å². The Hall–Kier alpha value is -3.14. The van der Waals surface area contributed by atoms with Gasteiger partial charge in [-0.3, -0.25) is 9.78 Å². The Bertz CT molecular complexity index is 861. The number of rotatable bonds is 8. The first-order valence-electron chi connectivity index (χ1n) is 9.61. The van der Waals surface area contributed by atoms with Gasteiger partial charge in [-0.15, -0.1) is 0 Å². The molecule has 0 aliphatic rings. The van der Waals surface area contributed by atoms with Gasteiger partial charge in [-0.1, -0.05) is 42.5 Å². The molecule has 0 radical (unpaired) electrons. The number of anilines is 1. The van der Waals surface area contributed by atoms with Crippen LogP contribution in [0.15, 0.2) is 79.1 Å². The summed E-state index contributed by atoms with van der Waals surface area (Å²) < 4.78 is 0. The largest absolute Gasteiger partial charge is 0.378 e. The van der Waals surface area contributed by atoms with Gasteiger partial charge in [0.1, 0.15) is 0 Å². The molecule has 4 heteroatoms. The van der Waals surface area contributed by atoms with Gasteiger partial charge in [0.05, 0.1) is 5.92 Å². The molecule has 1 amide bonds. The minimum absolute atomic E-state index is 0.0629. The van der Waals surface area contributed by atoms with Crippen LogP contribution in [-0.4, -0.2) is 31.5 Å². The highest BCUT2D eigenvalue weighted by atomic mass is 16.1. The third-order valence-corrected chi connectivity index (χ3v) is 4.87. The second-order valence-corrected chi connectivity index (χ2v) is 7.12. The van der Waals surface area contributed by atoms with Gasteiger partial charge in [-0.2, -0.15) is 0 Å². The second-order valence-electron chi connectivity index (χ2n) is 7.12. The van der Waals surface area contributed by atoms with Gasteiger partial charge >= 0.3 is 0 Å². The summed E-state index contributed by atoms with van der Waals surface area (Å²) in [6.45, 7) is 0.625. The summed E-state index contributed by atoms with van der Waals surface area (Å²) in [7, 11) is 4.06. The van der Waals surface area contributed by atoms with Crippen molar-refractivity contribution in [2.75, 3.05) is 25.5 Å². The van der Waals surface area contributed by atoms with Crippen molar-refractivity contribution in [1.82, 2.24) is 10.3 Å². The molecular weight excluding hydrogens is 346 g/mol. The van der Waals surface area contributed by atoms with E-state index in [2.05, 4.69) is 39.5 Å². The molecule has 1 aromatic heterocycles. The third-order valence-electron chi connectivity index (χ3n) is 4.87. The molecular formula is C24H27N3O. The van der Waals surface area contributed by atoms with Gasteiger partial charge in [0.15, 0.2) is 0 Å². The number of aromatic nitrogens is 1. The molecule has 0 bridgehead atoms. The molecule has 1 N–H and O–H groups in total. The van der Waals surface area contributed by atoms with Gasteiger partial charge in [0.2, 0.25) is 5.91 Å². The lowest BCUT2D eigenvalue weighted by atomic mass is 9.91. The van der Waals surface area contributed by atoms with Crippen molar-refractivity contribution in [2.45, 2.75) is 18.8 Å². The smallest absolute Gasteiger partial charge is 0.227 e. The van der Waals surface area contributed by atoms with E-state index in [1.54, 1.807) is 12.4 Å². The summed E-state index contributed by atoms with van der Waals surface area (Å²) >= 11 is 0. The maximum Gasteiger partial charge on any atom is 0.227 e. The number of nitrogens with zero attached hydrogens (tertiary/aromatic N) is 2. The first kappa shape index (κ1) is 19.6. The number of carbonyl (C=O) groups is 1. The molecule has 0 saturated heterocycles. The predicted octanol–water partition coefficient (Wildman–Crippen LogP) is 3.83. The average Bonchev–Trinajstić information content (AvgIpc) is 2.73. The van der Waals surface area contributed by atoms with E-state index in [0.717, 1.165) is 17.5 Å². The van der Waals surface area contributed by atoms with Crippen LogP contribution in [0.4, 0.5) is 5.69 Å². The average molecular weight is 374 g/mol. The summed E-state index contributed by atoms with van der Waals surface area (Å²) in [5.41, 5.74) is 4.54. The van der Waals surface area contributed by atoms with Crippen molar-refractivity contribution in [3.8, 4) is 0 Å². The number of carbonyl (C=O) groups excluding carboxylic acids is 1. The van der Waals surface area contributed by atoms with E-state index in [-0.39, 0.29) is 11.8 Å². The number of hydrogen-bond acceptors (Lipinski definition) is 3. The van der Waals surface area contributed by atoms with Crippen LogP contribution in [0, 0.1) is 0 Å². The van der Waals surface area contributed by atoms with E-state index >= 15 is 0 Å². The van der Waals surface area contributed by atoms with Crippen molar-refractivity contribution >= 4 is 11.6 Å². The Labute approximate surface area is 167 Å². The van der Waals surface area contributed by atoms with Crippen LogP contribution >= 0.6 is 0 Å². The van der Waals surface area contributed by atoms with Gasteiger partial charge in [-0.25, -0.2) is 0 Å². The van der Waals surface area contributed by atoms with Gasteiger partial charge in [0.25, 0.3) is 0 Å². The van der Waals surface area contributed by atoms with Crippen molar-refractivity contribution < 1.29 is 4.79 Å².